The molecule has 7 nitrogen and oxygen atoms in total. The summed E-state index contributed by atoms with van der Waals surface area (Å²) in [7, 11) is 0. The van der Waals surface area contributed by atoms with E-state index in [4.69, 9.17) is 14.9 Å². The molecule has 0 atom stereocenters. The smallest absolute Gasteiger partial charge is 0.290 e. The van der Waals surface area contributed by atoms with Crippen LogP contribution in [0.15, 0.2) is 54.4 Å². The lowest BCUT2D eigenvalue weighted by atomic mass is 10.0. The van der Waals surface area contributed by atoms with Gasteiger partial charge in [0.25, 0.3) is 6.47 Å². The number of imidazole rings is 1. The second-order valence-electron chi connectivity index (χ2n) is 9.35. The highest BCUT2D eigenvalue weighted by Gasteiger charge is 2.16. The summed E-state index contributed by atoms with van der Waals surface area (Å²) >= 11 is 3.65. The van der Waals surface area contributed by atoms with Crippen molar-refractivity contribution in [1.82, 2.24) is 19.1 Å². The van der Waals surface area contributed by atoms with Gasteiger partial charge in [0, 0.05) is 52.8 Å². The van der Waals surface area contributed by atoms with Crippen molar-refractivity contribution in [2.24, 2.45) is 0 Å². The van der Waals surface area contributed by atoms with Gasteiger partial charge in [0.1, 0.15) is 5.78 Å². The van der Waals surface area contributed by atoms with E-state index in [1.165, 1.54) is 56.5 Å². The number of aryl methyl sites for hydroxylation is 4. The average Bonchev–Trinajstić information content (AvgIpc) is 3.63. The van der Waals surface area contributed by atoms with Gasteiger partial charge in [-0.2, -0.15) is 0 Å². The molecule has 1 aromatic carbocycles. The number of aromatic nitrogens is 4. The zero-order valence-corrected chi connectivity index (χ0v) is 24.3. The summed E-state index contributed by atoms with van der Waals surface area (Å²) < 4.78 is 5.88. The molecule has 38 heavy (non-hydrogen) atoms. The molecule has 0 amide bonds. The van der Waals surface area contributed by atoms with E-state index in [2.05, 4.69) is 73.0 Å². The Morgan fingerprint density at radius 2 is 1.87 bits per heavy atom. The molecule has 5 aromatic rings. The summed E-state index contributed by atoms with van der Waals surface area (Å²) in [4.78, 5) is 28.2. The zero-order chi connectivity index (χ0) is 27.8. The van der Waals surface area contributed by atoms with E-state index < -0.39 is 0 Å². The maximum atomic E-state index is 9.44. The van der Waals surface area contributed by atoms with Gasteiger partial charge in [-0.15, -0.1) is 22.7 Å². The number of carbonyl (C=O) groups is 2. The lowest BCUT2D eigenvalue weighted by Gasteiger charge is -2.13. The molecule has 0 radical (unpaired) electrons. The maximum absolute atomic E-state index is 9.44. The molecule has 4 aromatic heterocycles. The molecular formula is C29H34N4O3S2. The van der Waals surface area contributed by atoms with E-state index in [-0.39, 0.29) is 12.3 Å². The van der Waals surface area contributed by atoms with E-state index in [0.717, 1.165) is 18.7 Å². The third-order valence-electron chi connectivity index (χ3n) is 5.66. The van der Waals surface area contributed by atoms with Crippen molar-refractivity contribution in [3.8, 4) is 16.9 Å². The quantitative estimate of drug-likeness (QED) is 0.224. The first-order valence-corrected chi connectivity index (χ1v) is 14.0. The third kappa shape index (κ3) is 7.26. The van der Waals surface area contributed by atoms with Crippen LogP contribution in [0.5, 0.6) is 0 Å². The Hall–Kier alpha value is -3.56. The molecule has 0 unspecified atom stereocenters. The number of rotatable bonds is 6. The van der Waals surface area contributed by atoms with E-state index in [0.29, 0.717) is 5.92 Å². The van der Waals surface area contributed by atoms with Crippen molar-refractivity contribution in [2.75, 3.05) is 0 Å². The summed E-state index contributed by atoms with van der Waals surface area (Å²) in [5.74, 6) is 0.656. The normalized spacial score (nSPS) is 10.6. The number of ketones is 1. The molecule has 0 aliphatic heterocycles. The SMILES string of the molecule is CC(C)=O.Cc1cc2c(cc(-c3ccc(-n4ccnc4)cc3C)n2CCc2csc(C(C)C)n2)s1.O=CO. The Morgan fingerprint density at radius 1 is 1.16 bits per heavy atom. The number of hydrogen-bond donors (Lipinski definition) is 1. The number of nitrogens with zero attached hydrogens (tertiary/aromatic N) is 4. The number of carboxylic acid groups (broad SMARTS) is 1. The van der Waals surface area contributed by atoms with E-state index in [1.54, 1.807) is 11.3 Å². The van der Waals surface area contributed by atoms with E-state index in [9.17, 15) is 4.79 Å². The fourth-order valence-corrected chi connectivity index (χ4v) is 5.90. The van der Waals surface area contributed by atoms with Crippen LogP contribution in [0.1, 0.15) is 54.8 Å². The molecule has 0 spiro atoms. The van der Waals surface area contributed by atoms with Gasteiger partial charge in [-0.1, -0.05) is 19.9 Å². The largest absolute Gasteiger partial charge is 0.483 e. The first kappa shape index (κ1) is 29.0. The molecule has 1 N–H and O–H groups in total. The zero-order valence-electron chi connectivity index (χ0n) is 22.6. The second-order valence-corrected chi connectivity index (χ2v) is 11.5. The van der Waals surface area contributed by atoms with Gasteiger partial charge in [0.05, 0.1) is 32.9 Å². The van der Waals surface area contributed by atoms with Crippen LogP contribution in [0, 0.1) is 13.8 Å². The summed E-state index contributed by atoms with van der Waals surface area (Å²) in [6, 6.07) is 11.3. The highest BCUT2D eigenvalue weighted by Crippen LogP contribution is 2.36. The topological polar surface area (TPSA) is 90.0 Å². The molecule has 0 aliphatic carbocycles. The standard InChI is InChI=1S/C25H26N4S2.C3H6O.CH2O2/c1-16(2)25-27-19(14-30-25)7-9-29-22(13-24-23(29)12-18(4)31-24)21-6-5-20(11-17(21)3)28-10-8-26-15-28;1-3(2)4;2-1-3/h5-6,8,10-16H,7,9H2,1-4H3;1-2H3;1H,(H,2,3). The second kappa shape index (κ2) is 13.3. The van der Waals surface area contributed by atoms with Gasteiger partial charge in [-0.3, -0.25) is 4.79 Å². The van der Waals surface area contributed by atoms with Crippen molar-refractivity contribution in [3.63, 3.8) is 0 Å². The molecule has 4 heterocycles. The molecule has 5 rings (SSSR count). The summed E-state index contributed by atoms with van der Waals surface area (Å²) in [6.07, 6.45) is 6.58. The van der Waals surface area contributed by atoms with Crippen LogP contribution in [0.3, 0.4) is 0 Å². The Morgan fingerprint density at radius 3 is 2.45 bits per heavy atom. The molecule has 0 bridgehead atoms. The van der Waals surface area contributed by atoms with Crippen LogP contribution in [-0.4, -0.2) is 36.5 Å². The monoisotopic (exact) mass is 550 g/mol. The van der Waals surface area contributed by atoms with Crippen LogP contribution in [0.25, 0.3) is 27.2 Å². The van der Waals surface area contributed by atoms with Crippen molar-refractivity contribution in [3.05, 3.63) is 75.6 Å². The average molecular weight is 551 g/mol. The Balaban J connectivity index is 0.000000515. The minimum absolute atomic E-state index is 0.167. The van der Waals surface area contributed by atoms with Gasteiger partial charge >= 0.3 is 0 Å². The fraction of sp³-hybridized carbons (Fsp3) is 0.310. The Labute approximate surface area is 231 Å². The maximum Gasteiger partial charge on any atom is 0.290 e. The molecular weight excluding hydrogens is 516 g/mol. The van der Waals surface area contributed by atoms with Crippen LogP contribution in [-0.2, 0) is 22.6 Å². The first-order valence-electron chi connectivity index (χ1n) is 12.3. The van der Waals surface area contributed by atoms with Crippen LogP contribution >= 0.6 is 22.7 Å². The lowest BCUT2D eigenvalue weighted by molar-refractivity contribution is -0.123. The van der Waals surface area contributed by atoms with Crippen molar-refractivity contribution >= 4 is 45.1 Å². The first-order chi connectivity index (χ1) is 18.1. The Kier molecular flexibility index (Phi) is 10.2. The number of carbonyl (C=O) groups excluding carboxylic acids is 1. The van der Waals surface area contributed by atoms with E-state index in [1.807, 2.05) is 34.6 Å². The number of hydrogen-bond acceptors (Lipinski definition) is 6. The highest BCUT2D eigenvalue weighted by molar-refractivity contribution is 7.19. The number of Topliss-reactive ketones (excluding diaryl/α,β-unsaturated/α-hetero) is 1. The summed E-state index contributed by atoms with van der Waals surface area (Å²) in [5, 5.41) is 10.3. The predicted octanol–water partition coefficient (Wildman–Crippen LogP) is 7.29. The van der Waals surface area contributed by atoms with E-state index >= 15 is 0 Å². The third-order valence-corrected chi connectivity index (χ3v) is 7.84. The summed E-state index contributed by atoms with van der Waals surface area (Å²) in [5.41, 5.74) is 7.50. The number of fused-ring (bicyclic) bond motifs is 1. The van der Waals surface area contributed by atoms with Crippen molar-refractivity contribution < 1.29 is 14.7 Å². The highest BCUT2D eigenvalue weighted by atomic mass is 32.1. The van der Waals surface area contributed by atoms with Crippen molar-refractivity contribution in [2.45, 2.75) is 60.4 Å². The molecule has 9 heteroatoms. The minimum Gasteiger partial charge on any atom is -0.483 e. The van der Waals surface area contributed by atoms with Crippen LogP contribution < -0.4 is 0 Å². The molecule has 0 saturated carbocycles. The molecule has 200 valence electrons. The molecule has 0 aliphatic rings. The number of benzene rings is 1. The van der Waals surface area contributed by atoms with Gasteiger partial charge in [-0.25, -0.2) is 9.97 Å². The van der Waals surface area contributed by atoms with Gasteiger partial charge < -0.3 is 19.0 Å². The van der Waals surface area contributed by atoms with Crippen molar-refractivity contribution in [1.29, 1.82) is 0 Å². The molecule has 0 fully saturated rings. The van der Waals surface area contributed by atoms with Crippen LogP contribution in [0.4, 0.5) is 0 Å². The minimum atomic E-state index is -0.250. The van der Waals surface area contributed by atoms with Gasteiger partial charge in [0.2, 0.25) is 0 Å². The van der Waals surface area contributed by atoms with Gasteiger partial charge in [-0.05, 0) is 57.5 Å². The number of thiophene rings is 1. The fourth-order valence-electron chi connectivity index (χ4n) is 4.07. The Bertz CT molecular complexity index is 1490. The number of thiazole rings is 1. The van der Waals surface area contributed by atoms with Crippen LogP contribution in [0.2, 0.25) is 0 Å². The summed E-state index contributed by atoms with van der Waals surface area (Å²) in [6.45, 7) is 12.5. The lowest BCUT2D eigenvalue weighted by Crippen LogP contribution is -2.04. The van der Waals surface area contributed by atoms with Gasteiger partial charge in [0.15, 0.2) is 0 Å². The molecule has 0 saturated heterocycles. The predicted molar refractivity (Wildman–Crippen MR) is 157 cm³/mol.